The molecule has 0 bridgehead atoms. The van der Waals surface area contributed by atoms with Crippen molar-refractivity contribution >= 4 is 28.5 Å². The summed E-state index contributed by atoms with van der Waals surface area (Å²) in [5.74, 6) is 0.835. The minimum atomic E-state index is -0.274. The Labute approximate surface area is 144 Å². The van der Waals surface area contributed by atoms with E-state index in [1.165, 1.54) is 23.0 Å². The summed E-state index contributed by atoms with van der Waals surface area (Å²) in [6, 6.07) is 11.8. The van der Waals surface area contributed by atoms with Gasteiger partial charge in [0.15, 0.2) is 0 Å². The first kappa shape index (κ1) is 16.1. The Morgan fingerprint density at radius 1 is 1.21 bits per heavy atom. The molecule has 0 unspecified atom stereocenters. The van der Waals surface area contributed by atoms with Crippen molar-refractivity contribution in [2.75, 3.05) is 5.32 Å². The summed E-state index contributed by atoms with van der Waals surface area (Å²) in [5, 5.41) is 12.1. The lowest BCUT2D eigenvalue weighted by Gasteiger charge is -2.04. The Kier molecular flexibility index (Phi) is 4.86. The number of anilines is 1. The Morgan fingerprint density at radius 3 is 2.67 bits per heavy atom. The third-order valence-corrected chi connectivity index (χ3v) is 4.31. The van der Waals surface area contributed by atoms with Crippen molar-refractivity contribution in [2.45, 2.75) is 19.8 Å². The van der Waals surface area contributed by atoms with Gasteiger partial charge in [0.05, 0.1) is 6.26 Å². The summed E-state index contributed by atoms with van der Waals surface area (Å²) >= 11 is 1.34. The molecule has 3 rings (SSSR count). The third kappa shape index (κ3) is 3.97. The van der Waals surface area contributed by atoms with Crippen LogP contribution in [0.1, 0.15) is 31.1 Å². The number of nitrogens with one attached hydrogen (secondary N) is 1. The van der Waals surface area contributed by atoms with Crippen molar-refractivity contribution < 1.29 is 9.21 Å². The van der Waals surface area contributed by atoms with Crippen LogP contribution >= 0.6 is 11.3 Å². The number of aromatic nitrogens is 2. The van der Waals surface area contributed by atoms with E-state index in [9.17, 15) is 4.79 Å². The second-order valence-electron chi connectivity index (χ2n) is 5.53. The smallest absolute Gasteiger partial charge is 0.250 e. The van der Waals surface area contributed by atoms with Crippen molar-refractivity contribution in [3.05, 3.63) is 60.1 Å². The van der Waals surface area contributed by atoms with Gasteiger partial charge in [-0.2, -0.15) is 0 Å². The van der Waals surface area contributed by atoms with Gasteiger partial charge in [0.25, 0.3) is 0 Å². The summed E-state index contributed by atoms with van der Waals surface area (Å²) in [7, 11) is 0. The fraction of sp³-hybridized carbons (Fsp3) is 0.167. The van der Waals surface area contributed by atoms with Crippen LogP contribution in [0.3, 0.4) is 0 Å². The molecule has 0 aliphatic rings. The van der Waals surface area contributed by atoms with Gasteiger partial charge < -0.3 is 4.42 Å². The zero-order valence-electron chi connectivity index (χ0n) is 13.4. The molecule has 0 saturated carbocycles. The van der Waals surface area contributed by atoms with E-state index < -0.39 is 0 Å². The molecule has 0 saturated heterocycles. The second kappa shape index (κ2) is 7.23. The Balaban J connectivity index is 1.65. The molecule has 0 radical (unpaired) electrons. The van der Waals surface area contributed by atoms with Crippen LogP contribution in [0.2, 0.25) is 0 Å². The number of benzene rings is 1. The van der Waals surface area contributed by atoms with E-state index in [1.54, 1.807) is 24.5 Å². The molecule has 2 heterocycles. The zero-order valence-corrected chi connectivity index (χ0v) is 14.2. The molecule has 0 fully saturated rings. The topological polar surface area (TPSA) is 68.0 Å². The maximum atomic E-state index is 11.9. The van der Waals surface area contributed by atoms with Gasteiger partial charge in [-0.15, -0.1) is 10.2 Å². The van der Waals surface area contributed by atoms with Crippen molar-refractivity contribution in [3.8, 4) is 10.6 Å². The van der Waals surface area contributed by atoms with Crippen molar-refractivity contribution in [2.24, 2.45) is 0 Å². The van der Waals surface area contributed by atoms with Crippen LogP contribution < -0.4 is 5.32 Å². The maximum absolute atomic E-state index is 11.9. The Bertz CT molecular complexity index is 834. The van der Waals surface area contributed by atoms with Crippen molar-refractivity contribution in [3.63, 3.8) is 0 Å². The summed E-state index contributed by atoms with van der Waals surface area (Å²) in [5.41, 5.74) is 2.27. The lowest BCUT2D eigenvalue weighted by Crippen LogP contribution is -2.07. The first-order valence-corrected chi connectivity index (χ1v) is 8.40. The molecule has 0 spiro atoms. The predicted octanol–water partition coefficient (Wildman–Crippen LogP) is 4.57. The van der Waals surface area contributed by atoms with Gasteiger partial charge in [0, 0.05) is 11.6 Å². The fourth-order valence-electron chi connectivity index (χ4n) is 2.09. The number of amides is 1. The highest BCUT2D eigenvalue weighted by Gasteiger charge is 2.09. The predicted molar refractivity (Wildman–Crippen MR) is 95.8 cm³/mol. The summed E-state index contributed by atoms with van der Waals surface area (Å²) in [6.45, 7) is 4.31. The molecule has 5 nitrogen and oxygen atoms in total. The zero-order chi connectivity index (χ0) is 16.9. The van der Waals surface area contributed by atoms with E-state index in [-0.39, 0.29) is 5.91 Å². The van der Waals surface area contributed by atoms with Crippen LogP contribution in [-0.2, 0) is 4.79 Å². The summed E-state index contributed by atoms with van der Waals surface area (Å²) < 4.78 is 5.13. The van der Waals surface area contributed by atoms with Crippen LogP contribution in [0.4, 0.5) is 5.13 Å². The summed E-state index contributed by atoms with van der Waals surface area (Å²) in [6.07, 6.45) is 4.55. The molecule has 122 valence electrons. The molecule has 24 heavy (non-hydrogen) atoms. The molecule has 0 aliphatic heterocycles. The number of carbonyl (C=O) groups excluding carboxylic acids is 1. The van der Waals surface area contributed by atoms with E-state index in [0.29, 0.717) is 16.8 Å². The van der Waals surface area contributed by atoms with Crippen LogP contribution in [0.25, 0.3) is 16.6 Å². The van der Waals surface area contributed by atoms with Gasteiger partial charge in [0.1, 0.15) is 10.8 Å². The second-order valence-corrected chi connectivity index (χ2v) is 6.50. The van der Waals surface area contributed by atoms with E-state index in [2.05, 4.69) is 41.5 Å². The van der Waals surface area contributed by atoms with Crippen molar-refractivity contribution in [1.82, 2.24) is 10.2 Å². The largest absolute Gasteiger partial charge is 0.465 e. The molecule has 1 amide bonds. The van der Waals surface area contributed by atoms with E-state index in [4.69, 9.17) is 4.42 Å². The molecular weight excluding hydrogens is 322 g/mol. The Morgan fingerprint density at radius 2 is 2.00 bits per heavy atom. The van der Waals surface area contributed by atoms with Gasteiger partial charge in [-0.3, -0.25) is 10.1 Å². The van der Waals surface area contributed by atoms with Crippen LogP contribution in [0, 0.1) is 0 Å². The number of hydrogen-bond donors (Lipinski definition) is 1. The lowest BCUT2D eigenvalue weighted by atomic mass is 10.0. The fourth-order valence-corrected chi connectivity index (χ4v) is 2.84. The maximum Gasteiger partial charge on any atom is 0.250 e. The number of nitrogens with zero attached hydrogens (tertiary/aromatic N) is 2. The average molecular weight is 339 g/mol. The third-order valence-electron chi connectivity index (χ3n) is 3.42. The monoisotopic (exact) mass is 339 g/mol. The van der Waals surface area contributed by atoms with Gasteiger partial charge in [-0.25, -0.2) is 0 Å². The lowest BCUT2D eigenvalue weighted by molar-refractivity contribution is -0.111. The van der Waals surface area contributed by atoms with Gasteiger partial charge >= 0.3 is 0 Å². The van der Waals surface area contributed by atoms with Gasteiger partial charge in [-0.1, -0.05) is 49.4 Å². The van der Waals surface area contributed by atoms with Crippen LogP contribution in [-0.4, -0.2) is 16.1 Å². The number of carbonyl (C=O) groups is 1. The van der Waals surface area contributed by atoms with E-state index >= 15 is 0 Å². The van der Waals surface area contributed by atoms with E-state index in [1.807, 2.05) is 12.1 Å². The standard InChI is InChI=1S/C18H17N3O2S/c1-12(2)13-5-7-14(8-6-13)17-20-21-18(24-17)19-16(22)10-9-15-4-3-11-23-15/h3-12H,1-2H3,(H,19,21,22)/b10-9+. The molecule has 1 N–H and O–H groups in total. The number of furan rings is 1. The highest BCUT2D eigenvalue weighted by atomic mass is 32.1. The van der Waals surface area contributed by atoms with Crippen LogP contribution in [0.5, 0.6) is 0 Å². The van der Waals surface area contributed by atoms with Gasteiger partial charge in [0.2, 0.25) is 11.0 Å². The molecule has 2 aromatic heterocycles. The molecular formula is C18H17N3O2S. The Hall–Kier alpha value is -2.73. The quantitative estimate of drug-likeness (QED) is 0.691. The highest BCUT2D eigenvalue weighted by molar-refractivity contribution is 7.18. The SMILES string of the molecule is CC(C)c1ccc(-c2nnc(NC(=O)/C=C/c3ccco3)s2)cc1. The molecule has 6 heteroatoms. The van der Waals surface area contributed by atoms with Crippen LogP contribution in [0.15, 0.2) is 53.2 Å². The molecule has 0 atom stereocenters. The molecule has 3 aromatic rings. The first-order valence-electron chi connectivity index (χ1n) is 7.58. The normalized spacial score (nSPS) is 11.3. The minimum Gasteiger partial charge on any atom is -0.465 e. The van der Waals surface area contributed by atoms with Crippen molar-refractivity contribution in [1.29, 1.82) is 0 Å². The number of rotatable bonds is 5. The van der Waals surface area contributed by atoms with Gasteiger partial charge in [-0.05, 0) is 29.7 Å². The highest BCUT2D eigenvalue weighted by Crippen LogP contribution is 2.27. The summed E-state index contributed by atoms with van der Waals surface area (Å²) in [4.78, 5) is 11.9. The molecule has 0 aliphatic carbocycles. The first-order chi connectivity index (χ1) is 11.6. The molecule has 1 aromatic carbocycles. The van der Waals surface area contributed by atoms with E-state index in [0.717, 1.165) is 10.6 Å². The number of hydrogen-bond acceptors (Lipinski definition) is 5. The minimum absolute atomic E-state index is 0.274. The average Bonchev–Trinajstić information content (AvgIpc) is 3.25.